The molecule has 2 amide bonds. The topological polar surface area (TPSA) is 107 Å². The number of fused-ring (bicyclic) bond motifs is 1. The molecule has 2 unspecified atom stereocenters. The van der Waals surface area contributed by atoms with Crippen molar-refractivity contribution in [2.24, 2.45) is 0 Å². The molecule has 2 heterocycles. The van der Waals surface area contributed by atoms with Crippen LogP contribution in [0.4, 0.5) is 0 Å². The highest BCUT2D eigenvalue weighted by molar-refractivity contribution is 7.89. The van der Waals surface area contributed by atoms with Crippen molar-refractivity contribution in [3.63, 3.8) is 0 Å². The third-order valence-corrected chi connectivity index (χ3v) is 7.86. The largest absolute Gasteiger partial charge is 0.391 e. The molecule has 0 bridgehead atoms. The first-order valence-corrected chi connectivity index (χ1v) is 12.5. The summed E-state index contributed by atoms with van der Waals surface area (Å²) in [5.74, 6) is -0.645. The lowest BCUT2D eigenvalue weighted by atomic mass is 10.1. The summed E-state index contributed by atoms with van der Waals surface area (Å²) in [5.41, 5.74) is 0. The van der Waals surface area contributed by atoms with E-state index in [-0.39, 0.29) is 30.3 Å². The second-order valence-electron chi connectivity index (χ2n) is 8.40. The van der Waals surface area contributed by atoms with Gasteiger partial charge in [-0.1, -0.05) is 23.7 Å². The lowest BCUT2D eigenvalue weighted by Crippen LogP contribution is -2.52. The molecule has 2 saturated heterocycles. The maximum absolute atomic E-state index is 12.9. The highest BCUT2D eigenvalue weighted by Crippen LogP contribution is 2.24. The summed E-state index contributed by atoms with van der Waals surface area (Å²) in [4.78, 5) is 28.8. The molecule has 0 saturated carbocycles. The molecule has 2 N–H and O–H groups in total. The van der Waals surface area contributed by atoms with Crippen LogP contribution in [-0.2, 0) is 19.6 Å². The van der Waals surface area contributed by atoms with Gasteiger partial charge in [0.15, 0.2) is 0 Å². The van der Waals surface area contributed by atoms with Crippen molar-refractivity contribution in [1.29, 1.82) is 0 Å². The Balaban J connectivity index is 1.45. The first kappa shape index (κ1) is 23.0. The molecule has 0 radical (unpaired) electrons. The van der Waals surface area contributed by atoms with E-state index in [9.17, 15) is 23.1 Å². The van der Waals surface area contributed by atoms with Crippen LogP contribution in [0, 0.1) is 0 Å². The Hall–Kier alpha value is -2.20. The minimum absolute atomic E-state index is 0.0602. The van der Waals surface area contributed by atoms with Gasteiger partial charge in [-0.05, 0) is 61.2 Å². The molecule has 172 valence electrons. The van der Waals surface area contributed by atoms with Crippen molar-refractivity contribution in [3.05, 3.63) is 41.4 Å². The van der Waals surface area contributed by atoms with Crippen LogP contribution in [0.5, 0.6) is 0 Å². The number of nitrogens with zero attached hydrogens (tertiary/aromatic N) is 2. The van der Waals surface area contributed by atoms with Gasteiger partial charge in [0.2, 0.25) is 21.8 Å². The highest BCUT2D eigenvalue weighted by atomic mass is 35.5. The summed E-state index contributed by atoms with van der Waals surface area (Å²) in [6, 6.07) is 8.22. The number of hydrogen-bond donors (Lipinski definition) is 2. The molecule has 2 aromatic carbocycles. The Morgan fingerprint density at radius 3 is 2.62 bits per heavy atom. The Labute approximate surface area is 192 Å². The van der Waals surface area contributed by atoms with Crippen LogP contribution in [0.2, 0.25) is 5.02 Å². The Morgan fingerprint density at radius 2 is 1.88 bits per heavy atom. The number of benzene rings is 2. The number of aliphatic hydroxyl groups is 1. The number of carbonyl (C=O) groups is 2. The average molecular weight is 480 g/mol. The van der Waals surface area contributed by atoms with E-state index in [1.807, 2.05) is 0 Å². The Kier molecular flexibility index (Phi) is 6.44. The fourth-order valence-electron chi connectivity index (χ4n) is 4.37. The predicted octanol–water partition coefficient (Wildman–Crippen LogP) is 1.74. The molecule has 8 nitrogen and oxygen atoms in total. The number of likely N-dealkylation sites (tertiary alicyclic amines) is 2. The predicted molar refractivity (Wildman–Crippen MR) is 121 cm³/mol. The van der Waals surface area contributed by atoms with Crippen molar-refractivity contribution in [2.75, 3.05) is 19.6 Å². The number of aliphatic hydroxyl groups excluding tert-OH is 1. The van der Waals surface area contributed by atoms with Gasteiger partial charge in [0.1, 0.15) is 12.1 Å². The molecule has 0 aromatic heterocycles. The zero-order chi connectivity index (χ0) is 23.0. The fraction of sp³-hybridized carbons (Fsp3) is 0.455. The third-order valence-electron chi connectivity index (χ3n) is 6.15. The molecule has 0 aliphatic carbocycles. The van der Waals surface area contributed by atoms with E-state index in [2.05, 4.69) is 4.72 Å². The number of halogens is 1. The molecule has 2 aliphatic heterocycles. The minimum atomic E-state index is -3.93. The zero-order valence-electron chi connectivity index (χ0n) is 17.7. The number of carbonyl (C=O) groups excluding carboxylic acids is 2. The molecule has 4 rings (SSSR count). The van der Waals surface area contributed by atoms with E-state index in [1.54, 1.807) is 42.2 Å². The van der Waals surface area contributed by atoms with Crippen LogP contribution in [-0.4, -0.2) is 73.0 Å². The molecule has 32 heavy (non-hydrogen) atoms. The molecular weight excluding hydrogens is 454 g/mol. The van der Waals surface area contributed by atoms with Crippen LogP contribution in [0.3, 0.4) is 0 Å². The third kappa shape index (κ3) is 4.61. The SMILES string of the molecule is C[C@@H](C(=O)N1CCCC(O)C1)N1CCC(NS(=O)(=O)c2ccc3cc(Cl)ccc3c2)C1=O. The average Bonchev–Trinajstić information content (AvgIpc) is 3.11. The van der Waals surface area contributed by atoms with E-state index in [0.717, 1.165) is 10.8 Å². The molecule has 2 aliphatic rings. The zero-order valence-corrected chi connectivity index (χ0v) is 19.3. The van der Waals surface area contributed by atoms with Crippen molar-refractivity contribution < 1.29 is 23.1 Å². The lowest BCUT2D eigenvalue weighted by molar-refractivity contribution is -0.145. The maximum atomic E-state index is 12.9. The van der Waals surface area contributed by atoms with E-state index in [1.165, 1.54) is 11.0 Å². The Morgan fingerprint density at radius 1 is 1.16 bits per heavy atom. The van der Waals surface area contributed by atoms with Gasteiger partial charge in [0, 0.05) is 24.7 Å². The second-order valence-corrected chi connectivity index (χ2v) is 10.6. The van der Waals surface area contributed by atoms with Crippen molar-refractivity contribution in [2.45, 2.75) is 49.3 Å². The maximum Gasteiger partial charge on any atom is 0.245 e. The van der Waals surface area contributed by atoms with E-state index in [0.29, 0.717) is 24.4 Å². The molecule has 10 heteroatoms. The molecule has 0 spiro atoms. The number of sulfonamides is 1. The summed E-state index contributed by atoms with van der Waals surface area (Å²) in [6.45, 7) is 2.73. The molecule has 3 atom stereocenters. The summed E-state index contributed by atoms with van der Waals surface area (Å²) < 4.78 is 28.4. The number of β-amino-alcohol motifs (C(OH)–C–C–N with tert-alkyl or cyclic N) is 1. The monoisotopic (exact) mass is 479 g/mol. The van der Waals surface area contributed by atoms with Gasteiger partial charge in [-0.25, -0.2) is 8.42 Å². The molecule has 2 fully saturated rings. The molecule has 2 aromatic rings. The van der Waals surface area contributed by atoms with Crippen LogP contribution >= 0.6 is 11.6 Å². The van der Waals surface area contributed by atoms with Crippen LogP contribution in [0.15, 0.2) is 41.3 Å². The first-order chi connectivity index (χ1) is 15.2. The second kappa shape index (κ2) is 8.97. The van der Waals surface area contributed by atoms with Gasteiger partial charge in [-0.2, -0.15) is 4.72 Å². The number of rotatable bonds is 5. The molecular formula is C22H26ClN3O5S. The van der Waals surface area contributed by atoms with Gasteiger partial charge < -0.3 is 14.9 Å². The van der Waals surface area contributed by atoms with Gasteiger partial charge in [-0.15, -0.1) is 0 Å². The number of hydrogen-bond acceptors (Lipinski definition) is 5. The van der Waals surface area contributed by atoms with Crippen LogP contribution in [0.25, 0.3) is 10.8 Å². The van der Waals surface area contributed by atoms with Gasteiger partial charge in [-0.3, -0.25) is 9.59 Å². The van der Waals surface area contributed by atoms with Crippen molar-refractivity contribution in [3.8, 4) is 0 Å². The summed E-state index contributed by atoms with van der Waals surface area (Å²) >= 11 is 5.98. The normalized spacial score (nSPS) is 23.0. The summed E-state index contributed by atoms with van der Waals surface area (Å²) in [6.07, 6.45) is 1.11. The van der Waals surface area contributed by atoms with Gasteiger partial charge >= 0.3 is 0 Å². The highest BCUT2D eigenvalue weighted by Gasteiger charge is 2.40. The Bertz CT molecular complexity index is 1160. The number of nitrogens with one attached hydrogen (secondary N) is 1. The minimum Gasteiger partial charge on any atom is -0.391 e. The fourth-order valence-corrected chi connectivity index (χ4v) is 5.80. The van der Waals surface area contributed by atoms with E-state index >= 15 is 0 Å². The first-order valence-electron chi connectivity index (χ1n) is 10.6. The van der Waals surface area contributed by atoms with Crippen molar-refractivity contribution >= 4 is 44.2 Å². The standard InChI is InChI=1S/C22H26ClN3O5S/c1-14(21(28)25-9-2-3-18(27)13-25)26-10-8-20(22(26)29)24-32(30,31)19-7-5-15-11-17(23)6-4-16(15)12-19/h4-7,11-12,14,18,20,24,27H,2-3,8-10,13H2,1H3/t14-,18?,20?/m0/s1. The smallest absolute Gasteiger partial charge is 0.245 e. The van der Waals surface area contributed by atoms with Crippen LogP contribution in [0.1, 0.15) is 26.2 Å². The number of amides is 2. The van der Waals surface area contributed by atoms with E-state index in [4.69, 9.17) is 11.6 Å². The summed E-state index contributed by atoms with van der Waals surface area (Å²) in [5, 5.41) is 11.9. The quantitative estimate of drug-likeness (QED) is 0.679. The van der Waals surface area contributed by atoms with Gasteiger partial charge in [0.05, 0.1) is 11.0 Å². The van der Waals surface area contributed by atoms with Gasteiger partial charge in [0.25, 0.3) is 0 Å². The lowest BCUT2D eigenvalue weighted by Gasteiger charge is -2.34. The van der Waals surface area contributed by atoms with Crippen LogP contribution < -0.4 is 4.72 Å². The number of piperidine rings is 1. The summed E-state index contributed by atoms with van der Waals surface area (Å²) in [7, 11) is -3.93. The van der Waals surface area contributed by atoms with Crippen molar-refractivity contribution in [1.82, 2.24) is 14.5 Å². The van der Waals surface area contributed by atoms with E-state index < -0.39 is 34.1 Å².